The molecule has 146 valence electrons. The number of thiazole rings is 1. The van der Waals surface area contributed by atoms with Crippen LogP contribution in [0.2, 0.25) is 0 Å². The van der Waals surface area contributed by atoms with E-state index in [0.29, 0.717) is 36.0 Å². The van der Waals surface area contributed by atoms with Crippen molar-refractivity contribution in [3.05, 3.63) is 59.1 Å². The zero-order valence-electron chi connectivity index (χ0n) is 15.9. The first kappa shape index (κ1) is 19.7. The number of methoxy groups -OCH3 is 2. The quantitative estimate of drug-likeness (QED) is 0.517. The van der Waals surface area contributed by atoms with Crippen LogP contribution in [0.25, 0.3) is 10.6 Å². The first-order valence-electron chi connectivity index (χ1n) is 8.72. The van der Waals surface area contributed by atoms with Crippen molar-refractivity contribution < 1.29 is 23.7 Å². The molecule has 0 aliphatic heterocycles. The van der Waals surface area contributed by atoms with Gasteiger partial charge in [-0.15, -0.1) is 11.3 Å². The van der Waals surface area contributed by atoms with Crippen LogP contribution >= 0.6 is 11.3 Å². The van der Waals surface area contributed by atoms with Gasteiger partial charge in [-0.1, -0.05) is 6.07 Å². The van der Waals surface area contributed by atoms with Gasteiger partial charge < -0.3 is 18.9 Å². The third-order valence-electron chi connectivity index (χ3n) is 3.94. The Kier molecular flexibility index (Phi) is 6.49. The molecule has 0 saturated heterocycles. The molecule has 28 heavy (non-hydrogen) atoms. The fraction of sp³-hybridized carbons (Fsp3) is 0.238. The summed E-state index contributed by atoms with van der Waals surface area (Å²) in [5.41, 5.74) is 2.17. The Labute approximate surface area is 167 Å². The summed E-state index contributed by atoms with van der Waals surface area (Å²) in [6.45, 7) is 2.45. The van der Waals surface area contributed by atoms with Gasteiger partial charge in [0.1, 0.15) is 17.4 Å². The summed E-state index contributed by atoms with van der Waals surface area (Å²) in [6.07, 6.45) is 0. The third-order valence-corrected chi connectivity index (χ3v) is 4.86. The lowest BCUT2D eigenvalue weighted by Crippen LogP contribution is -2.04. The maximum absolute atomic E-state index is 11.7. The van der Waals surface area contributed by atoms with Crippen molar-refractivity contribution in [2.24, 2.45) is 0 Å². The Morgan fingerprint density at radius 3 is 2.54 bits per heavy atom. The molecule has 0 unspecified atom stereocenters. The summed E-state index contributed by atoms with van der Waals surface area (Å²) < 4.78 is 21.6. The molecule has 0 atom stereocenters. The van der Waals surface area contributed by atoms with Crippen molar-refractivity contribution in [1.82, 2.24) is 4.98 Å². The molecular weight excluding hydrogens is 378 g/mol. The predicted molar refractivity (Wildman–Crippen MR) is 107 cm³/mol. The van der Waals surface area contributed by atoms with Gasteiger partial charge in [-0.3, -0.25) is 0 Å². The summed E-state index contributed by atoms with van der Waals surface area (Å²) >= 11 is 1.51. The molecular formula is C21H21NO5S. The lowest BCUT2D eigenvalue weighted by molar-refractivity contribution is 0.0526. The second-order valence-electron chi connectivity index (χ2n) is 5.72. The number of aromatic nitrogens is 1. The molecule has 7 heteroatoms. The van der Waals surface area contributed by atoms with Gasteiger partial charge in [-0.25, -0.2) is 9.78 Å². The number of esters is 1. The second kappa shape index (κ2) is 9.23. The van der Waals surface area contributed by atoms with Gasteiger partial charge >= 0.3 is 5.97 Å². The van der Waals surface area contributed by atoms with E-state index >= 15 is 0 Å². The number of benzene rings is 2. The molecule has 3 rings (SSSR count). The average molecular weight is 399 g/mol. The normalized spacial score (nSPS) is 10.4. The van der Waals surface area contributed by atoms with Gasteiger partial charge in [-0.05, 0) is 43.3 Å². The topological polar surface area (TPSA) is 66.9 Å². The van der Waals surface area contributed by atoms with Crippen molar-refractivity contribution in [3.63, 3.8) is 0 Å². The lowest BCUT2D eigenvalue weighted by Gasteiger charge is -2.10. The summed E-state index contributed by atoms with van der Waals surface area (Å²) in [4.78, 5) is 16.3. The van der Waals surface area contributed by atoms with Crippen LogP contribution in [0.15, 0.2) is 47.8 Å². The average Bonchev–Trinajstić information content (AvgIpc) is 3.21. The molecule has 0 bridgehead atoms. The van der Waals surface area contributed by atoms with Crippen LogP contribution in [-0.2, 0) is 11.3 Å². The molecule has 2 aromatic carbocycles. The number of carbonyl (C=O) groups is 1. The Morgan fingerprint density at radius 2 is 1.86 bits per heavy atom. The van der Waals surface area contributed by atoms with Crippen molar-refractivity contribution >= 4 is 17.3 Å². The van der Waals surface area contributed by atoms with Crippen LogP contribution in [0.1, 0.15) is 23.0 Å². The Hall–Kier alpha value is -3.06. The van der Waals surface area contributed by atoms with E-state index in [-0.39, 0.29) is 5.97 Å². The highest BCUT2D eigenvalue weighted by atomic mass is 32.1. The molecule has 0 radical (unpaired) electrons. The fourth-order valence-corrected chi connectivity index (χ4v) is 3.44. The van der Waals surface area contributed by atoms with E-state index in [9.17, 15) is 4.79 Å². The summed E-state index contributed by atoms with van der Waals surface area (Å²) in [6, 6.07) is 12.5. The maximum Gasteiger partial charge on any atom is 0.338 e. The zero-order chi connectivity index (χ0) is 19.9. The van der Waals surface area contributed by atoms with Gasteiger partial charge in [0.05, 0.1) is 37.6 Å². The largest absolute Gasteiger partial charge is 0.493 e. The number of hydrogen-bond donors (Lipinski definition) is 0. The first-order chi connectivity index (χ1) is 13.7. The van der Waals surface area contributed by atoms with E-state index in [1.54, 1.807) is 45.4 Å². The molecule has 1 aromatic heterocycles. The van der Waals surface area contributed by atoms with Gasteiger partial charge in [-0.2, -0.15) is 0 Å². The zero-order valence-corrected chi connectivity index (χ0v) is 16.7. The van der Waals surface area contributed by atoms with Crippen LogP contribution in [0.5, 0.6) is 17.2 Å². The third kappa shape index (κ3) is 4.43. The van der Waals surface area contributed by atoms with Gasteiger partial charge in [0.15, 0.2) is 11.5 Å². The monoisotopic (exact) mass is 399 g/mol. The van der Waals surface area contributed by atoms with Crippen molar-refractivity contribution in [3.8, 4) is 27.8 Å². The van der Waals surface area contributed by atoms with E-state index in [1.165, 1.54) is 11.3 Å². The van der Waals surface area contributed by atoms with E-state index in [1.807, 2.05) is 23.6 Å². The number of ether oxygens (including phenoxy) is 4. The van der Waals surface area contributed by atoms with E-state index in [2.05, 4.69) is 4.98 Å². The first-order valence-corrected chi connectivity index (χ1v) is 9.60. The summed E-state index contributed by atoms with van der Waals surface area (Å²) in [5, 5.41) is 2.77. The molecule has 0 aliphatic carbocycles. The van der Waals surface area contributed by atoms with Crippen LogP contribution in [0.3, 0.4) is 0 Å². The van der Waals surface area contributed by atoms with Crippen LogP contribution < -0.4 is 14.2 Å². The predicted octanol–water partition coefficient (Wildman–Crippen LogP) is 4.58. The molecule has 0 fully saturated rings. The number of hydrogen-bond acceptors (Lipinski definition) is 7. The Bertz CT molecular complexity index is 936. The van der Waals surface area contributed by atoms with Crippen molar-refractivity contribution in [1.29, 1.82) is 0 Å². The minimum Gasteiger partial charge on any atom is -0.493 e. The molecule has 0 spiro atoms. The van der Waals surface area contributed by atoms with Crippen molar-refractivity contribution in [2.75, 3.05) is 20.8 Å². The summed E-state index contributed by atoms with van der Waals surface area (Å²) in [7, 11) is 3.22. The smallest absolute Gasteiger partial charge is 0.338 e. The van der Waals surface area contributed by atoms with Gasteiger partial charge in [0.25, 0.3) is 0 Å². The standard InChI is InChI=1S/C21H21NO5S/c1-4-26-21(23)14-8-10-16(11-9-14)27-12-15-13-28-20(22-15)17-6-5-7-18(24-2)19(17)25-3/h5-11,13H,4,12H2,1-3H3. The minimum atomic E-state index is -0.342. The maximum atomic E-state index is 11.7. The fourth-order valence-electron chi connectivity index (χ4n) is 2.61. The second-order valence-corrected chi connectivity index (χ2v) is 6.58. The molecule has 0 amide bonds. The van der Waals surface area contributed by atoms with Crippen LogP contribution in [0, 0.1) is 0 Å². The highest BCUT2D eigenvalue weighted by Crippen LogP contribution is 2.39. The molecule has 6 nitrogen and oxygen atoms in total. The molecule has 1 heterocycles. The Balaban J connectivity index is 1.68. The number of para-hydroxylation sites is 1. The Morgan fingerprint density at radius 1 is 1.07 bits per heavy atom. The number of carbonyl (C=O) groups excluding carboxylic acids is 1. The molecule has 3 aromatic rings. The van der Waals surface area contributed by atoms with Crippen LogP contribution in [-0.4, -0.2) is 31.8 Å². The molecule has 0 N–H and O–H groups in total. The summed E-state index contributed by atoms with van der Waals surface area (Å²) in [5.74, 6) is 1.63. The molecule has 0 aliphatic rings. The SMILES string of the molecule is CCOC(=O)c1ccc(OCc2csc(-c3cccc(OC)c3OC)n2)cc1. The molecule has 0 saturated carbocycles. The van der Waals surface area contributed by atoms with Gasteiger partial charge in [0, 0.05) is 5.38 Å². The van der Waals surface area contributed by atoms with Gasteiger partial charge in [0.2, 0.25) is 0 Å². The number of nitrogens with zero attached hydrogens (tertiary/aromatic N) is 1. The van der Waals surface area contributed by atoms with E-state index in [4.69, 9.17) is 18.9 Å². The van der Waals surface area contributed by atoms with E-state index in [0.717, 1.165) is 16.3 Å². The lowest BCUT2D eigenvalue weighted by atomic mass is 10.2. The van der Waals surface area contributed by atoms with E-state index < -0.39 is 0 Å². The highest BCUT2D eigenvalue weighted by Gasteiger charge is 2.15. The highest BCUT2D eigenvalue weighted by molar-refractivity contribution is 7.13. The van der Waals surface area contributed by atoms with Crippen LogP contribution in [0.4, 0.5) is 0 Å². The van der Waals surface area contributed by atoms with Crippen molar-refractivity contribution in [2.45, 2.75) is 13.5 Å². The number of rotatable bonds is 8. The minimum absolute atomic E-state index is 0.321.